The minimum absolute atomic E-state index is 0.00766. The van der Waals surface area contributed by atoms with Crippen LogP contribution in [-0.4, -0.2) is 24.4 Å². The quantitative estimate of drug-likeness (QED) is 0.797. The number of nitrogens with zero attached hydrogens (tertiary/aromatic N) is 1. The maximum atomic E-state index is 13.2. The zero-order chi connectivity index (χ0) is 16.6. The molecule has 0 aromatic heterocycles. The average Bonchev–Trinajstić information content (AvgIpc) is 3.25. The van der Waals surface area contributed by atoms with Gasteiger partial charge in [-0.1, -0.05) is 23.4 Å². The highest BCUT2D eigenvalue weighted by molar-refractivity contribution is 6.13. The van der Waals surface area contributed by atoms with Crippen LogP contribution in [-0.2, 0) is 20.5 Å². The number of carbonyl (C=O) groups excluding carboxylic acids is 1. The molecule has 0 amide bonds. The fourth-order valence-electron chi connectivity index (χ4n) is 2.82. The summed E-state index contributed by atoms with van der Waals surface area (Å²) < 4.78 is 44.7. The summed E-state index contributed by atoms with van der Waals surface area (Å²) in [4.78, 5) is 17.6. The molecule has 1 fully saturated rings. The lowest BCUT2D eigenvalue weighted by atomic mass is 9.88. The lowest BCUT2D eigenvalue weighted by molar-refractivity contribution is -0.149. The van der Waals surface area contributed by atoms with Gasteiger partial charge in [-0.25, -0.2) is 0 Å². The first kappa shape index (κ1) is 15.8. The fourth-order valence-corrected chi connectivity index (χ4v) is 2.82. The Bertz CT molecular complexity index is 638. The van der Waals surface area contributed by atoms with Crippen molar-refractivity contribution in [1.82, 2.24) is 0 Å². The second-order valence-electron chi connectivity index (χ2n) is 5.66. The maximum absolute atomic E-state index is 13.2. The average molecular weight is 327 g/mol. The number of rotatable bonds is 4. The molecule has 2 aliphatic rings. The van der Waals surface area contributed by atoms with Crippen molar-refractivity contribution in [3.05, 3.63) is 35.4 Å². The number of benzene rings is 1. The van der Waals surface area contributed by atoms with Gasteiger partial charge in [0.05, 0.1) is 12.2 Å². The van der Waals surface area contributed by atoms with Crippen molar-refractivity contribution in [2.24, 2.45) is 17.0 Å². The van der Waals surface area contributed by atoms with E-state index in [4.69, 9.17) is 9.57 Å². The highest BCUT2D eigenvalue weighted by Gasteiger charge is 2.50. The molecule has 1 saturated carbocycles. The summed E-state index contributed by atoms with van der Waals surface area (Å²) >= 11 is 0. The highest BCUT2D eigenvalue weighted by Crippen LogP contribution is 2.43. The maximum Gasteiger partial charge on any atom is 0.417 e. The molecule has 124 valence electrons. The Hall–Kier alpha value is -2.05. The summed E-state index contributed by atoms with van der Waals surface area (Å²) in [5.74, 6) is -1.35. The van der Waals surface area contributed by atoms with E-state index in [-0.39, 0.29) is 23.8 Å². The van der Waals surface area contributed by atoms with Gasteiger partial charge in [0.2, 0.25) is 0 Å². The number of esters is 1. The van der Waals surface area contributed by atoms with Crippen LogP contribution in [0.5, 0.6) is 0 Å². The van der Waals surface area contributed by atoms with Gasteiger partial charge in [0, 0.05) is 5.56 Å². The Morgan fingerprint density at radius 1 is 1.35 bits per heavy atom. The van der Waals surface area contributed by atoms with Gasteiger partial charge < -0.3 is 9.57 Å². The first-order valence-electron chi connectivity index (χ1n) is 7.50. The molecule has 4 nitrogen and oxygen atoms in total. The Kier molecular flexibility index (Phi) is 4.04. The minimum atomic E-state index is -4.53. The second-order valence-corrected chi connectivity index (χ2v) is 5.66. The van der Waals surface area contributed by atoms with E-state index in [0.717, 1.165) is 18.9 Å². The molecule has 0 radical (unpaired) electrons. The molecule has 0 saturated heterocycles. The van der Waals surface area contributed by atoms with Gasteiger partial charge >= 0.3 is 12.1 Å². The number of halogens is 3. The number of alkyl halides is 3. The molecule has 1 aromatic carbocycles. The Morgan fingerprint density at radius 2 is 2.04 bits per heavy atom. The van der Waals surface area contributed by atoms with Gasteiger partial charge in [-0.05, 0) is 31.7 Å². The van der Waals surface area contributed by atoms with E-state index in [2.05, 4.69) is 5.16 Å². The SMILES string of the molecule is CCOC(=O)C1C(c2ccccc2C(F)(F)F)=NOC1C1CC1. The predicted octanol–water partition coefficient (Wildman–Crippen LogP) is 3.40. The van der Waals surface area contributed by atoms with Gasteiger partial charge in [-0.3, -0.25) is 4.79 Å². The molecule has 1 aromatic rings. The van der Waals surface area contributed by atoms with Crippen molar-refractivity contribution in [1.29, 1.82) is 0 Å². The normalized spacial score (nSPS) is 24.1. The summed E-state index contributed by atoms with van der Waals surface area (Å²) in [5, 5.41) is 3.82. The van der Waals surface area contributed by atoms with Crippen LogP contribution in [0.2, 0.25) is 0 Å². The third kappa shape index (κ3) is 3.04. The highest BCUT2D eigenvalue weighted by atomic mass is 19.4. The molecular weight excluding hydrogens is 311 g/mol. The number of ether oxygens (including phenoxy) is 1. The standard InChI is InChI=1S/C16H16F3NO3/c1-2-22-15(21)12-13(20-23-14(12)9-7-8-9)10-5-3-4-6-11(10)16(17,18)19/h3-6,9,12,14H,2,7-8H2,1H3. The Morgan fingerprint density at radius 3 is 2.65 bits per heavy atom. The van der Waals surface area contributed by atoms with Gasteiger partial charge in [0.1, 0.15) is 17.7 Å². The van der Waals surface area contributed by atoms with E-state index >= 15 is 0 Å². The molecule has 7 heteroatoms. The number of carbonyl (C=O) groups is 1. The summed E-state index contributed by atoms with van der Waals surface area (Å²) in [5.41, 5.74) is -0.942. The zero-order valence-corrected chi connectivity index (χ0v) is 12.5. The first-order chi connectivity index (χ1) is 10.9. The van der Waals surface area contributed by atoms with E-state index < -0.39 is 29.7 Å². The number of hydrogen-bond acceptors (Lipinski definition) is 4. The van der Waals surface area contributed by atoms with Crippen LogP contribution in [0.1, 0.15) is 30.9 Å². The lowest BCUT2D eigenvalue weighted by Gasteiger charge is -2.19. The van der Waals surface area contributed by atoms with Crippen LogP contribution < -0.4 is 0 Å². The van der Waals surface area contributed by atoms with Gasteiger partial charge in [-0.2, -0.15) is 13.2 Å². The van der Waals surface area contributed by atoms with Crippen molar-refractivity contribution in [2.75, 3.05) is 6.61 Å². The van der Waals surface area contributed by atoms with E-state index in [1.54, 1.807) is 6.92 Å². The van der Waals surface area contributed by atoms with Gasteiger partial charge in [0.25, 0.3) is 0 Å². The number of oxime groups is 1. The van der Waals surface area contributed by atoms with Crippen molar-refractivity contribution in [3.63, 3.8) is 0 Å². The summed E-state index contributed by atoms with van der Waals surface area (Å²) in [6.07, 6.45) is -3.31. The van der Waals surface area contributed by atoms with Gasteiger partial charge in [0.15, 0.2) is 0 Å². The van der Waals surface area contributed by atoms with Crippen LogP contribution in [0.4, 0.5) is 13.2 Å². The molecule has 3 rings (SSSR count). The summed E-state index contributed by atoms with van der Waals surface area (Å²) in [6, 6.07) is 5.08. The molecular formula is C16H16F3NO3. The van der Waals surface area contributed by atoms with Crippen LogP contribution >= 0.6 is 0 Å². The monoisotopic (exact) mass is 327 g/mol. The van der Waals surface area contributed by atoms with Crippen molar-refractivity contribution in [3.8, 4) is 0 Å². The minimum Gasteiger partial charge on any atom is -0.465 e. The topological polar surface area (TPSA) is 47.9 Å². The number of hydrogen-bond donors (Lipinski definition) is 0. The third-order valence-electron chi connectivity index (χ3n) is 4.03. The smallest absolute Gasteiger partial charge is 0.417 e. The fraction of sp³-hybridized carbons (Fsp3) is 0.500. The summed E-state index contributed by atoms with van der Waals surface area (Å²) in [6.45, 7) is 1.81. The predicted molar refractivity (Wildman–Crippen MR) is 75.7 cm³/mol. The van der Waals surface area contributed by atoms with Crippen molar-refractivity contribution >= 4 is 11.7 Å². The molecule has 0 N–H and O–H groups in total. The molecule has 0 spiro atoms. The van der Waals surface area contributed by atoms with Crippen molar-refractivity contribution < 1.29 is 27.5 Å². The molecule has 1 heterocycles. The van der Waals surface area contributed by atoms with E-state index in [9.17, 15) is 18.0 Å². The van der Waals surface area contributed by atoms with Gasteiger partial charge in [-0.15, -0.1) is 0 Å². The first-order valence-corrected chi connectivity index (χ1v) is 7.50. The molecule has 23 heavy (non-hydrogen) atoms. The second kappa shape index (κ2) is 5.86. The Labute approximate surface area is 131 Å². The van der Waals surface area contributed by atoms with E-state index in [1.807, 2.05) is 0 Å². The molecule has 2 unspecified atom stereocenters. The third-order valence-corrected chi connectivity index (χ3v) is 4.03. The van der Waals surface area contributed by atoms with E-state index in [0.29, 0.717) is 0 Å². The largest absolute Gasteiger partial charge is 0.465 e. The summed E-state index contributed by atoms with van der Waals surface area (Å²) in [7, 11) is 0. The van der Waals surface area contributed by atoms with Crippen LogP contribution in [0.25, 0.3) is 0 Å². The lowest BCUT2D eigenvalue weighted by Crippen LogP contribution is -2.35. The zero-order valence-electron chi connectivity index (χ0n) is 12.5. The molecule has 1 aliphatic carbocycles. The van der Waals surface area contributed by atoms with E-state index in [1.165, 1.54) is 18.2 Å². The van der Waals surface area contributed by atoms with Crippen LogP contribution in [0.3, 0.4) is 0 Å². The van der Waals surface area contributed by atoms with Crippen LogP contribution in [0.15, 0.2) is 29.4 Å². The molecule has 2 atom stereocenters. The molecule has 1 aliphatic heterocycles. The van der Waals surface area contributed by atoms with Crippen molar-refractivity contribution in [2.45, 2.75) is 32.0 Å². The van der Waals surface area contributed by atoms with Crippen LogP contribution in [0, 0.1) is 11.8 Å². The Balaban J connectivity index is 1.99. The molecule has 0 bridgehead atoms.